The van der Waals surface area contributed by atoms with Gasteiger partial charge in [0.15, 0.2) is 0 Å². The van der Waals surface area contributed by atoms with Gasteiger partial charge in [-0.25, -0.2) is 0 Å². The Morgan fingerprint density at radius 3 is 1.86 bits per heavy atom. The van der Waals surface area contributed by atoms with Gasteiger partial charge in [0.05, 0.1) is 11.2 Å². The zero-order valence-corrected chi connectivity index (χ0v) is 17.9. The number of carbonyl (C=O) groups is 1. The molecule has 0 N–H and O–H groups in total. The lowest BCUT2D eigenvalue weighted by atomic mass is 9.71. The number of hydrogen-bond acceptors (Lipinski definition) is 3. The van der Waals surface area contributed by atoms with E-state index in [0.717, 1.165) is 34.1 Å². The van der Waals surface area contributed by atoms with Crippen molar-refractivity contribution in [3.63, 3.8) is 0 Å². The minimum absolute atomic E-state index is 0.509. The van der Waals surface area contributed by atoms with Gasteiger partial charge in [-0.15, -0.1) is 0 Å². The van der Waals surface area contributed by atoms with Gasteiger partial charge in [0.25, 0.3) is 0 Å². The predicted molar refractivity (Wildman–Crippen MR) is 115 cm³/mol. The van der Waals surface area contributed by atoms with E-state index in [-0.39, 0.29) is 0 Å². The van der Waals surface area contributed by atoms with Crippen LogP contribution in [0.15, 0.2) is 47.9 Å². The standard InChI is InChI=1S/C24H29BO3/c1-16-13-17(2)21(18(3)14-16)22(19-11-9-8-10-12-19)20(15-26)25-27-23(4,5)24(6,7)28-25/h8-15H,1-7H3/b22-20+. The van der Waals surface area contributed by atoms with E-state index in [1.807, 2.05) is 58.0 Å². The molecule has 28 heavy (non-hydrogen) atoms. The molecule has 0 aliphatic carbocycles. The average molecular weight is 376 g/mol. The van der Waals surface area contributed by atoms with Crippen LogP contribution in [0.1, 0.15) is 55.5 Å². The van der Waals surface area contributed by atoms with Gasteiger partial charge in [0.1, 0.15) is 6.29 Å². The molecular weight excluding hydrogens is 347 g/mol. The molecule has 1 fully saturated rings. The molecule has 0 spiro atoms. The summed E-state index contributed by atoms with van der Waals surface area (Å²) < 4.78 is 12.5. The zero-order valence-electron chi connectivity index (χ0n) is 17.9. The fraction of sp³-hybridized carbons (Fsp3) is 0.375. The Hall–Kier alpha value is -2.17. The van der Waals surface area contributed by atoms with Gasteiger partial charge in [-0.05, 0) is 76.3 Å². The van der Waals surface area contributed by atoms with E-state index < -0.39 is 18.3 Å². The largest absolute Gasteiger partial charge is 0.498 e. The van der Waals surface area contributed by atoms with Gasteiger partial charge in [-0.3, -0.25) is 4.79 Å². The first-order valence-electron chi connectivity index (χ1n) is 9.76. The fourth-order valence-electron chi connectivity index (χ4n) is 3.84. The normalized spacial score (nSPS) is 18.8. The smallest absolute Gasteiger partial charge is 0.399 e. The van der Waals surface area contributed by atoms with E-state index >= 15 is 0 Å². The molecule has 1 saturated heterocycles. The zero-order chi connectivity index (χ0) is 20.7. The lowest BCUT2D eigenvalue weighted by Gasteiger charge is -2.32. The van der Waals surface area contributed by atoms with Crippen LogP contribution in [0.5, 0.6) is 0 Å². The van der Waals surface area contributed by atoms with E-state index in [2.05, 4.69) is 32.9 Å². The Bertz CT molecular complexity index is 887. The van der Waals surface area contributed by atoms with Crippen LogP contribution in [0.3, 0.4) is 0 Å². The number of benzene rings is 2. The third kappa shape index (κ3) is 3.59. The van der Waals surface area contributed by atoms with Crippen molar-refractivity contribution in [1.82, 2.24) is 0 Å². The van der Waals surface area contributed by atoms with Crippen molar-refractivity contribution in [1.29, 1.82) is 0 Å². The predicted octanol–water partition coefficient (Wildman–Crippen LogP) is 5.24. The highest BCUT2D eigenvalue weighted by Gasteiger charge is 2.53. The fourth-order valence-corrected chi connectivity index (χ4v) is 3.84. The second kappa shape index (κ2) is 7.34. The average Bonchev–Trinajstić information content (AvgIpc) is 2.81. The second-order valence-electron chi connectivity index (χ2n) is 8.68. The summed E-state index contributed by atoms with van der Waals surface area (Å²) >= 11 is 0. The maximum absolute atomic E-state index is 12.4. The maximum atomic E-state index is 12.4. The van der Waals surface area contributed by atoms with Crippen molar-refractivity contribution in [2.24, 2.45) is 0 Å². The molecule has 3 nitrogen and oxygen atoms in total. The van der Waals surface area contributed by atoms with Crippen LogP contribution in [0, 0.1) is 20.8 Å². The molecule has 1 heterocycles. The molecule has 0 atom stereocenters. The van der Waals surface area contributed by atoms with Crippen LogP contribution in [0.25, 0.3) is 5.57 Å². The summed E-state index contributed by atoms with van der Waals surface area (Å²) in [6.07, 6.45) is 0.892. The minimum atomic E-state index is -0.710. The van der Waals surface area contributed by atoms with Gasteiger partial charge in [-0.2, -0.15) is 0 Å². The van der Waals surface area contributed by atoms with E-state index in [1.165, 1.54) is 5.56 Å². The third-order valence-corrected chi connectivity index (χ3v) is 5.91. The summed E-state index contributed by atoms with van der Waals surface area (Å²) in [5.41, 5.74) is 5.90. The topological polar surface area (TPSA) is 35.5 Å². The van der Waals surface area contributed by atoms with Crippen LogP contribution in [0.4, 0.5) is 0 Å². The van der Waals surface area contributed by atoms with Crippen molar-refractivity contribution >= 4 is 19.0 Å². The van der Waals surface area contributed by atoms with Crippen LogP contribution < -0.4 is 0 Å². The molecule has 0 unspecified atom stereocenters. The molecule has 146 valence electrons. The quantitative estimate of drug-likeness (QED) is 0.416. The minimum Gasteiger partial charge on any atom is -0.399 e. The molecule has 1 aliphatic rings. The monoisotopic (exact) mass is 376 g/mol. The summed E-state index contributed by atoms with van der Waals surface area (Å²) in [5, 5.41) is 0. The van der Waals surface area contributed by atoms with Gasteiger partial charge in [0, 0.05) is 5.47 Å². The molecule has 0 radical (unpaired) electrons. The van der Waals surface area contributed by atoms with Crippen molar-refractivity contribution in [3.05, 3.63) is 75.8 Å². The number of carbonyl (C=O) groups excluding carboxylic acids is 1. The Morgan fingerprint density at radius 2 is 1.39 bits per heavy atom. The highest BCUT2D eigenvalue weighted by molar-refractivity contribution is 6.62. The van der Waals surface area contributed by atoms with E-state index in [0.29, 0.717) is 5.47 Å². The molecule has 0 aromatic heterocycles. The Kier molecular flexibility index (Phi) is 5.39. The molecule has 0 saturated carbocycles. The first-order valence-corrected chi connectivity index (χ1v) is 9.76. The molecule has 3 rings (SSSR count). The first-order chi connectivity index (χ1) is 13.1. The lowest BCUT2D eigenvalue weighted by molar-refractivity contribution is -0.104. The molecule has 4 heteroatoms. The first kappa shape index (κ1) is 20.6. The maximum Gasteiger partial charge on any atom is 0.498 e. The van der Waals surface area contributed by atoms with E-state index in [1.54, 1.807) is 0 Å². The van der Waals surface area contributed by atoms with Crippen LogP contribution in [0.2, 0.25) is 0 Å². The molecule has 1 aliphatic heterocycles. The number of hydrogen-bond donors (Lipinski definition) is 0. The Labute approximate surface area is 168 Å². The molecule has 2 aromatic carbocycles. The highest BCUT2D eigenvalue weighted by Crippen LogP contribution is 2.41. The summed E-state index contributed by atoms with van der Waals surface area (Å²) in [6.45, 7) is 14.3. The molecule has 2 aromatic rings. The van der Waals surface area contributed by atoms with Gasteiger partial charge >= 0.3 is 7.12 Å². The summed E-state index contributed by atoms with van der Waals surface area (Å²) in [6, 6.07) is 14.3. The molecular formula is C24H29BO3. The third-order valence-electron chi connectivity index (χ3n) is 5.91. The van der Waals surface area contributed by atoms with Crippen molar-refractivity contribution in [2.45, 2.75) is 59.7 Å². The van der Waals surface area contributed by atoms with Gasteiger partial charge in [-0.1, -0.05) is 48.0 Å². The number of allylic oxidation sites excluding steroid dienone is 1. The molecule has 0 amide bonds. The van der Waals surface area contributed by atoms with Crippen LogP contribution >= 0.6 is 0 Å². The van der Waals surface area contributed by atoms with Crippen molar-refractivity contribution in [2.75, 3.05) is 0 Å². The Balaban J connectivity index is 2.29. The van der Waals surface area contributed by atoms with Crippen LogP contribution in [-0.4, -0.2) is 24.6 Å². The Morgan fingerprint density at radius 1 is 0.893 bits per heavy atom. The second-order valence-corrected chi connectivity index (χ2v) is 8.68. The lowest BCUT2D eigenvalue weighted by Crippen LogP contribution is -2.41. The SMILES string of the molecule is Cc1cc(C)c(/C(=C(\C=O)B2OC(C)(C)C(C)(C)O2)c2ccccc2)c(C)c1. The van der Waals surface area contributed by atoms with Crippen molar-refractivity contribution < 1.29 is 14.1 Å². The van der Waals surface area contributed by atoms with Gasteiger partial charge < -0.3 is 9.31 Å². The van der Waals surface area contributed by atoms with Crippen LogP contribution in [-0.2, 0) is 14.1 Å². The number of aldehydes is 1. The summed E-state index contributed by atoms with van der Waals surface area (Å²) in [7, 11) is -0.710. The highest BCUT2D eigenvalue weighted by atomic mass is 16.7. The number of aryl methyl sites for hydroxylation is 3. The summed E-state index contributed by atoms with van der Waals surface area (Å²) in [5.74, 6) is 0. The van der Waals surface area contributed by atoms with E-state index in [4.69, 9.17) is 9.31 Å². The van der Waals surface area contributed by atoms with Gasteiger partial charge in [0.2, 0.25) is 0 Å². The molecule has 0 bridgehead atoms. The summed E-state index contributed by atoms with van der Waals surface area (Å²) in [4.78, 5) is 12.4. The van der Waals surface area contributed by atoms with E-state index in [9.17, 15) is 4.79 Å². The number of rotatable bonds is 4. The van der Waals surface area contributed by atoms with Crippen molar-refractivity contribution in [3.8, 4) is 0 Å².